The number of hydrogen-bond donors (Lipinski definition) is 1. The number of aromatic nitrogens is 3. The third kappa shape index (κ3) is 7.07. The fourth-order valence-corrected chi connectivity index (χ4v) is 5.12. The number of benzene rings is 2. The maximum atomic E-state index is 13.8. The van der Waals surface area contributed by atoms with Crippen molar-refractivity contribution >= 4 is 28.9 Å². The van der Waals surface area contributed by atoms with E-state index in [1.165, 1.54) is 18.2 Å². The monoisotopic (exact) mass is 560 g/mol. The summed E-state index contributed by atoms with van der Waals surface area (Å²) in [7, 11) is 0. The molecule has 2 aromatic carbocycles. The summed E-state index contributed by atoms with van der Waals surface area (Å²) in [6, 6.07) is 17.2. The molecule has 0 atom stereocenters. The molecule has 10 heteroatoms. The van der Waals surface area contributed by atoms with Gasteiger partial charge in [-0.25, -0.2) is 14.4 Å². The molecule has 1 saturated carbocycles. The van der Waals surface area contributed by atoms with Crippen molar-refractivity contribution in [2.24, 2.45) is 5.92 Å². The van der Waals surface area contributed by atoms with Crippen LogP contribution in [0.5, 0.6) is 5.88 Å². The van der Waals surface area contributed by atoms with Gasteiger partial charge < -0.3 is 18.8 Å². The summed E-state index contributed by atoms with van der Waals surface area (Å²) < 4.78 is 32.6. The van der Waals surface area contributed by atoms with Gasteiger partial charge in [-0.3, -0.25) is 14.9 Å². The Bertz CT molecular complexity index is 1480. The van der Waals surface area contributed by atoms with Gasteiger partial charge in [-0.05, 0) is 56.4 Å². The first-order chi connectivity index (χ1) is 20.0. The van der Waals surface area contributed by atoms with Crippen LogP contribution in [-0.2, 0) is 20.9 Å². The predicted octanol–water partition coefficient (Wildman–Crippen LogP) is 5.71. The maximum absolute atomic E-state index is 13.8. The fourth-order valence-electron chi connectivity index (χ4n) is 5.12. The van der Waals surface area contributed by atoms with Gasteiger partial charge in [0.2, 0.25) is 11.8 Å². The van der Waals surface area contributed by atoms with Gasteiger partial charge in [0.1, 0.15) is 17.9 Å². The normalized spacial score (nSPS) is 16.8. The van der Waals surface area contributed by atoms with Gasteiger partial charge in [-0.1, -0.05) is 36.4 Å². The van der Waals surface area contributed by atoms with Gasteiger partial charge in [0.05, 0.1) is 37.5 Å². The Morgan fingerprint density at radius 2 is 1.83 bits per heavy atom. The first-order valence-corrected chi connectivity index (χ1v) is 13.9. The summed E-state index contributed by atoms with van der Waals surface area (Å²) in [5.74, 6) is -0.550. The number of carbonyl (C=O) groups is 2. The van der Waals surface area contributed by atoms with Crippen LogP contribution in [0, 0.1) is 11.7 Å². The molecule has 2 heterocycles. The number of fused-ring (bicyclic) bond motifs is 1. The second-order valence-corrected chi connectivity index (χ2v) is 9.93. The Hall–Kier alpha value is -4.31. The van der Waals surface area contributed by atoms with Crippen molar-refractivity contribution in [3.63, 3.8) is 0 Å². The Morgan fingerprint density at radius 1 is 1.02 bits per heavy atom. The lowest BCUT2D eigenvalue weighted by atomic mass is 9.86. The number of imidazole rings is 1. The van der Waals surface area contributed by atoms with E-state index in [0.29, 0.717) is 69.5 Å². The number of ether oxygens (including phenoxy) is 3. The van der Waals surface area contributed by atoms with Crippen molar-refractivity contribution < 1.29 is 28.2 Å². The van der Waals surface area contributed by atoms with Crippen molar-refractivity contribution in [1.29, 1.82) is 0 Å². The highest BCUT2D eigenvalue weighted by atomic mass is 19.1. The molecule has 214 valence electrons. The second-order valence-electron chi connectivity index (χ2n) is 9.93. The summed E-state index contributed by atoms with van der Waals surface area (Å²) in [5, 5.41) is 2.86. The van der Waals surface area contributed by atoms with Crippen LogP contribution >= 0.6 is 0 Å². The van der Waals surface area contributed by atoms with E-state index in [4.69, 9.17) is 14.2 Å². The average molecular weight is 561 g/mol. The molecule has 1 aliphatic carbocycles. The van der Waals surface area contributed by atoms with Gasteiger partial charge in [0.25, 0.3) is 5.91 Å². The average Bonchev–Trinajstić information content (AvgIpc) is 3.34. The zero-order valence-corrected chi connectivity index (χ0v) is 22.9. The smallest absolute Gasteiger partial charge is 0.308 e. The Labute approximate surface area is 237 Å². The SMILES string of the molecule is CCOC(=O)C1CCC(n2c(NC(=O)c3cccc(F)c3)nc3cnc(OCCOCc4ccccc4)cc32)CC1. The van der Waals surface area contributed by atoms with E-state index in [1.54, 1.807) is 25.3 Å². The highest BCUT2D eigenvalue weighted by molar-refractivity contribution is 6.04. The molecule has 0 unspecified atom stereocenters. The molecule has 1 fully saturated rings. The molecule has 1 aliphatic rings. The third-order valence-electron chi connectivity index (χ3n) is 7.13. The van der Waals surface area contributed by atoms with Gasteiger partial charge in [-0.2, -0.15) is 0 Å². The Morgan fingerprint density at radius 3 is 2.59 bits per heavy atom. The molecular weight excluding hydrogens is 527 g/mol. The summed E-state index contributed by atoms with van der Waals surface area (Å²) in [6.45, 7) is 3.35. The van der Waals surface area contributed by atoms with Gasteiger partial charge >= 0.3 is 5.97 Å². The third-order valence-corrected chi connectivity index (χ3v) is 7.13. The molecule has 5 rings (SSSR count). The Balaban J connectivity index is 1.33. The second kappa shape index (κ2) is 13.4. The van der Waals surface area contributed by atoms with Crippen LogP contribution in [0.4, 0.5) is 10.3 Å². The number of esters is 1. The van der Waals surface area contributed by atoms with Crippen LogP contribution < -0.4 is 10.1 Å². The minimum atomic E-state index is -0.498. The van der Waals surface area contributed by atoms with Gasteiger partial charge in [-0.15, -0.1) is 0 Å². The first kappa shape index (κ1) is 28.2. The molecular formula is C31H33FN4O5. The van der Waals surface area contributed by atoms with Gasteiger partial charge in [0, 0.05) is 17.7 Å². The van der Waals surface area contributed by atoms with Crippen LogP contribution in [-0.4, -0.2) is 46.2 Å². The number of nitrogens with zero attached hydrogens (tertiary/aromatic N) is 3. The van der Waals surface area contributed by atoms with Crippen LogP contribution in [0.2, 0.25) is 0 Å². The molecule has 4 aromatic rings. The standard InChI is InChI=1S/C31H33FN4O5/c1-2-40-30(38)22-11-13-25(14-12-22)36-27-18-28(41-16-15-39-20-21-7-4-3-5-8-21)33-19-26(27)34-31(36)35-29(37)23-9-6-10-24(32)17-23/h3-10,17-19,22,25H,2,11-16,20H2,1H3,(H,34,35,37). The summed E-state index contributed by atoms with van der Waals surface area (Å²) in [6.07, 6.45) is 4.32. The number of anilines is 1. The zero-order chi connectivity index (χ0) is 28.6. The van der Waals surface area contributed by atoms with Gasteiger partial charge in [0.15, 0.2) is 0 Å². The van der Waals surface area contributed by atoms with Crippen LogP contribution in [0.3, 0.4) is 0 Å². The van der Waals surface area contributed by atoms with Crippen molar-refractivity contribution in [1.82, 2.24) is 14.5 Å². The quantitative estimate of drug-likeness (QED) is 0.185. The minimum Gasteiger partial charge on any atom is -0.475 e. The van der Waals surface area contributed by atoms with Crippen molar-refractivity contribution in [3.05, 3.63) is 83.8 Å². The topological polar surface area (TPSA) is 105 Å². The number of nitrogens with one attached hydrogen (secondary N) is 1. The zero-order valence-electron chi connectivity index (χ0n) is 22.9. The molecule has 2 aromatic heterocycles. The summed E-state index contributed by atoms with van der Waals surface area (Å²) in [5.41, 5.74) is 2.60. The molecule has 0 saturated heterocycles. The van der Waals surface area contributed by atoms with Crippen molar-refractivity contribution in [2.45, 2.75) is 45.3 Å². The van der Waals surface area contributed by atoms with Crippen molar-refractivity contribution in [3.8, 4) is 5.88 Å². The maximum Gasteiger partial charge on any atom is 0.308 e. The number of hydrogen-bond acceptors (Lipinski definition) is 7. The lowest BCUT2D eigenvalue weighted by molar-refractivity contribution is -0.149. The largest absolute Gasteiger partial charge is 0.475 e. The van der Waals surface area contributed by atoms with Crippen LogP contribution in [0.15, 0.2) is 66.9 Å². The molecule has 0 radical (unpaired) electrons. The molecule has 1 N–H and O–H groups in total. The minimum absolute atomic E-state index is 0.0297. The fraction of sp³-hybridized carbons (Fsp3) is 0.355. The van der Waals surface area contributed by atoms with Crippen molar-refractivity contribution in [2.75, 3.05) is 25.1 Å². The van der Waals surface area contributed by atoms with E-state index >= 15 is 0 Å². The molecule has 9 nitrogen and oxygen atoms in total. The highest BCUT2D eigenvalue weighted by Crippen LogP contribution is 2.37. The van der Waals surface area contributed by atoms with Crippen LogP contribution in [0.1, 0.15) is 54.6 Å². The van der Waals surface area contributed by atoms with E-state index < -0.39 is 11.7 Å². The number of carbonyl (C=O) groups excluding carboxylic acids is 2. The van der Waals surface area contributed by atoms with Crippen LogP contribution in [0.25, 0.3) is 11.0 Å². The summed E-state index contributed by atoms with van der Waals surface area (Å²) in [4.78, 5) is 34.4. The summed E-state index contributed by atoms with van der Waals surface area (Å²) >= 11 is 0. The van der Waals surface area contributed by atoms with E-state index in [9.17, 15) is 14.0 Å². The molecule has 0 spiro atoms. The molecule has 0 bridgehead atoms. The molecule has 1 amide bonds. The lowest BCUT2D eigenvalue weighted by Crippen LogP contribution is -2.26. The number of amides is 1. The number of halogens is 1. The molecule has 0 aliphatic heterocycles. The van der Waals surface area contributed by atoms with E-state index in [1.807, 2.05) is 34.9 Å². The van der Waals surface area contributed by atoms with E-state index in [0.717, 1.165) is 11.1 Å². The number of pyridine rings is 1. The predicted molar refractivity (Wildman–Crippen MR) is 151 cm³/mol. The highest BCUT2D eigenvalue weighted by Gasteiger charge is 2.30. The lowest BCUT2D eigenvalue weighted by Gasteiger charge is -2.29. The Kier molecular flexibility index (Phi) is 9.20. The van der Waals surface area contributed by atoms with E-state index in [2.05, 4.69) is 15.3 Å². The number of rotatable bonds is 11. The molecule has 41 heavy (non-hydrogen) atoms. The first-order valence-electron chi connectivity index (χ1n) is 13.9. The van der Waals surface area contributed by atoms with E-state index in [-0.39, 0.29) is 23.5 Å².